The minimum atomic E-state index is -1.70. The first kappa shape index (κ1) is 22.3. The van der Waals surface area contributed by atoms with Gasteiger partial charge in [-0.3, -0.25) is 4.79 Å². The number of aliphatic hydroxyl groups excluding tert-OH is 3. The Bertz CT molecular complexity index is 999. The van der Waals surface area contributed by atoms with Crippen LogP contribution < -0.4 is 10.2 Å². The molecule has 166 valence electrons. The predicted octanol–water partition coefficient (Wildman–Crippen LogP) is -0.506. The second kappa shape index (κ2) is 9.62. The van der Waals surface area contributed by atoms with E-state index in [4.69, 9.17) is 18.6 Å². The Morgan fingerprint density at radius 2 is 1.84 bits per heavy atom. The van der Waals surface area contributed by atoms with Gasteiger partial charge in [0.05, 0.1) is 6.26 Å². The number of aliphatic hydroxyl groups is 3. The maximum Gasteiger partial charge on any atom is 0.330 e. The molecule has 31 heavy (non-hydrogen) atoms. The fourth-order valence-corrected chi connectivity index (χ4v) is 2.73. The zero-order chi connectivity index (χ0) is 22.5. The van der Waals surface area contributed by atoms with Crippen molar-refractivity contribution in [2.75, 3.05) is 6.61 Å². The van der Waals surface area contributed by atoms with Crippen molar-refractivity contribution < 1.29 is 49.0 Å². The van der Waals surface area contributed by atoms with Crippen LogP contribution in [0.4, 0.5) is 0 Å². The Morgan fingerprint density at radius 1 is 1.06 bits per heavy atom. The van der Waals surface area contributed by atoms with Gasteiger partial charge in [-0.05, 0) is 23.8 Å². The normalized spacial score (nSPS) is 26.0. The smallest absolute Gasteiger partial charge is 0.330 e. The number of hydrogen-bond donors (Lipinski definition) is 5. The van der Waals surface area contributed by atoms with Crippen LogP contribution in [0.3, 0.4) is 0 Å². The predicted molar refractivity (Wildman–Crippen MR) is 102 cm³/mol. The van der Waals surface area contributed by atoms with Crippen LogP contribution in [0.15, 0.2) is 52.1 Å². The lowest BCUT2D eigenvalue weighted by Gasteiger charge is -2.39. The van der Waals surface area contributed by atoms with Gasteiger partial charge in [0.15, 0.2) is 11.5 Å². The molecule has 0 unspecified atom stereocenters. The molecule has 0 bridgehead atoms. The summed E-state index contributed by atoms with van der Waals surface area (Å²) < 4.78 is 20.4. The number of carbonyl (C=O) groups is 1. The van der Waals surface area contributed by atoms with Gasteiger partial charge in [0, 0.05) is 12.1 Å². The number of rotatable bonds is 6. The third-order valence-electron chi connectivity index (χ3n) is 4.43. The Kier molecular flexibility index (Phi) is 6.92. The summed E-state index contributed by atoms with van der Waals surface area (Å²) in [5, 5.41) is 48.9. The van der Waals surface area contributed by atoms with Crippen molar-refractivity contribution in [2.24, 2.45) is 0 Å². The van der Waals surface area contributed by atoms with Crippen LogP contribution in [0.1, 0.15) is 5.56 Å². The fraction of sp³-hybridized carbons (Fsp3) is 0.300. The molecule has 0 aliphatic carbocycles. The first-order valence-corrected chi connectivity index (χ1v) is 9.06. The molecule has 1 saturated heterocycles. The highest BCUT2D eigenvalue weighted by atomic mass is 16.7. The van der Waals surface area contributed by atoms with Crippen LogP contribution >= 0.6 is 0 Å². The van der Waals surface area contributed by atoms with Crippen LogP contribution in [0, 0.1) is 0 Å². The molecule has 1 aromatic carbocycles. The average Bonchev–Trinajstić information content (AvgIpc) is 2.75. The lowest BCUT2D eigenvalue weighted by atomic mass is 9.99. The van der Waals surface area contributed by atoms with Crippen LogP contribution in [0.5, 0.6) is 17.2 Å². The van der Waals surface area contributed by atoms with E-state index in [0.717, 1.165) is 24.7 Å². The number of aromatic hydroxyl groups is 2. The lowest BCUT2D eigenvalue weighted by Crippen LogP contribution is -2.60. The molecule has 5 atom stereocenters. The maximum absolute atomic E-state index is 11.9. The van der Waals surface area contributed by atoms with E-state index in [1.165, 1.54) is 24.3 Å². The summed E-state index contributed by atoms with van der Waals surface area (Å²) in [4.78, 5) is 23.7. The zero-order valence-corrected chi connectivity index (χ0v) is 15.9. The van der Waals surface area contributed by atoms with Crippen molar-refractivity contribution >= 4 is 12.0 Å². The highest BCUT2D eigenvalue weighted by Crippen LogP contribution is 2.26. The third kappa shape index (κ3) is 5.41. The van der Waals surface area contributed by atoms with E-state index in [1.807, 2.05) is 0 Å². The van der Waals surface area contributed by atoms with Crippen molar-refractivity contribution in [3.8, 4) is 17.2 Å². The number of phenolic OH excluding ortho intramolecular Hbond substituents is 2. The maximum atomic E-state index is 11.9. The molecule has 0 radical (unpaired) electrons. The SMILES string of the molecule is O=C(/C=C/c1ccc(O)c(O)c1)OC[C@H]1O[C@@H](Oc2coccc2=O)[C@H](O)[C@H](O)[C@@H]1O. The van der Waals surface area contributed by atoms with Gasteiger partial charge >= 0.3 is 5.97 Å². The second-order valence-electron chi connectivity index (χ2n) is 6.63. The largest absolute Gasteiger partial charge is 0.504 e. The summed E-state index contributed by atoms with van der Waals surface area (Å²) >= 11 is 0. The van der Waals surface area contributed by atoms with Crippen molar-refractivity contribution in [1.82, 2.24) is 0 Å². The first-order valence-electron chi connectivity index (χ1n) is 9.06. The first-order chi connectivity index (χ1) is 14.8. The standard InChI is InChI=1S/C20H20O11/c21-11-3-1-10(7-13(11)23)2-4-16(24)29-9-15-17(25)18(26)19(27)20(31-15)30-14-8-28-6-5-12(14)22/h1-8,15,17-21,23,25-27H,9H2/b4-2+/t15-,17-,18-,19-,20-/m1/s1. The number of ether oxygens (including phenoxy) is 3. The zero-order valence-electron chi connectivity index (χ0n) is 15.9. The van der Waals surface area contributed by atoms with E-state index >= 15 is 0 Å². The highest BCUT2D eigenvalue weighted by Gasteiger charge is 2.45. The summed E-state index contributed by atoms with van der Waals surface area (Å²) in [6, 6.07) is 5.00. The van der Waals surface area contributed by atoms with Crippen LogP contribution in [-0.2, 0) is 14.3 Å². The van der Waals surface area contributed by atoms with Gasteiger partial charge in [-0.2, -0.15) is 0 Å². The van der Waals surface area contributed by atoms with Gasteiger partial charge in [0.25, 0.3) is 0 Å². The van der Waals surface area contributed by atoms with E-state index < -0.39 is 48.7 Å². The summed E-state index contributed by atoms with van der Waals surface area (Å²) in [5.74, 6) is -1.79. The van der Waals surface area contributed by atoms with Gasteiger partial charge in [-0.15, -0.1) is 0 Å². The molecule has 0 spiro atoms. The molecule has 0 saturated carbocycles. The Labute approximate surface area is 175 Å². The molecule has 1 aliphatic rings. The number of hydrogen-bond acceptors (Lipinski definition) is 11. The molecule has 1 aromatic heterocycles. The Hall–Kier alpha value is -3.38. The molecule has 2 aromatic rings. The molecular formula is C20H20O11. The molecule has 1 fully saturated rings. The minimum Gasteiger partial charge on any atom is -0.504 e. The minimum absolute atomic E-state index is 0.286. The molecule has 1 aliphatic heterocycles. The number of benzene rings is 1. The van der Waals surface area contributed by atoms with Gasteiger partial charge in [-0.25, -0.2) is 4.79 Å². The summed E-state index contributed by atoms with van der Waals surface area (Å²) in [6.07, 6.45) is -3.34. The van der Waals surface area contributed by atoms with E-state index in [2.05, 4.69) is 0 Å². The van der Waals surface area contributed by atoms with Crippen LogP contribution in [0.2, 0.25) is 0 Å². The quantitative estimate of drug-likeness (QED) is 0.224. The molecule has 11 nitrogen and oxygen atoms in total. The molecule has 3 rings (SSSR count). The van der Waals surface area contributed by atoms with Gasteiger partial charge in [0.1, 0.15) is 37.3 Å². The second-order valence-corrected chi connectivity index (χ2v) is 6.63. The third-order valence-corrected chi connectivity index (χ3v) is 4.43. The van der Waals surface area contributed by atoms with Crippen molar-refractivity contribution in [3.63, 3.8) is 0 Å². The topological polar surface area (TPSA) is 176 Å². The number of carbonyl (C=O) groups excluding carboxylic acids is 1. The summed E-state index contributed by atoms with van der Waals surface area (Å²) in [5.41, 5.74) is -0.147. The van der Waals surface area contributed by atoms with Gasteiger partial charge in [0.2, 0.25) is 17.5 Å². The van der Waals surface area contributed by atoms with Crippen molar-refractivity contribution in [3.05, 3.63) is 58.7 Å². The van der Waals surface area contributed by atoms with E-state index in [0.29, 0.717) is 5.56 Å². The summed E-state index contributed by atoms with van der Waals surface area (Å²) in [7, 11) is 0. The lowest BCUT2D eigenvalue weighted by molar-refractivity contribution is -0.278. The Morgan fingerprint density at radius 3 is 2.55 bits per heavy atom. The molecule has 0 amide bonds. The summed E-state index contributed by atoms with van der Waals surface area (Å²) in [6.45, 7) is -0.502. The highest BCUT2D eigenvalue weighted by molar-refractivity contribution is 5.87. The van der Waals surface area contributed by atoms with E-state index in [-0.39, 0.29) is 17.2 Å². The van der Waals surface area contributed by atoms with Crippen molar-refractivity contribution in [2.45, 2.75) is 30.7 Å². The monoisotopic (exact) mass is 436 g/mol. The molecule has 5 N–H and O–H groups in total. The molecule has 11 heteroatoms. The Balaban J connectivity index is 1.61. The molecular weight excluding hydrogens is 416 g/mol. The van der Waals surface area contributed by atoms with Crippen molar-refractivity contribution in [1.29, 1.82) is 0 Å². The molecule has 2 heterocycles. The number of esters is 1. The van der Waals surface area contributed by atoms with Gasteiger partial charge in [-0.1, -0.05) is 6.07 Å². The fourth-order valence-electron chi connectivity index (χ4n) is 2.73. The van der Waals surface area contributed by atoms with E-state index in [1.54, 1.807) is 0 Å². The van der Waals surface area contributed by atoms with Crippen LogP contribution in [0.25, 0.3) is 6.08 Å². The average molecular weight is 436 g/mol. The van der Waals surface area contributed by atoms with E-state index in [9.17, 15) is 35.1 Å². The number of phenols is 2. The van der Waals surface area contributed by atoms with Crippen LogP contribution in [-0.4, -0.2) is 68.8 Å². The van der Waals surface area contributed by atoms with Gasteiger partial charge < -0.3 is 44.2 Å².